The van der Waals surface area contributed by atoms with E-state index in [4.69, 9.17) is 0 Å². The van der Waals surface area contributed by atoms with Crippen molar-refractivity contribution in [1.82, 2.24) is 0 Å². The van der Waals surface area contributed by atoms with Crippen molar-refractivity contribution in [3.63, 3.8) is 0 Å². The van der Waals surface area contributed by atoms with Gasteiger partial charge in [0.15, 0.2) is 30.1 Å². The zero-order valence-corrected chi connectivity index (χ0v) is 18.2. The van der Waals surface area contributed by atoms with Gasteiger partial charge >= 0.3 is 0 Å². The number of unbranched alkanes of at least 4 members (excludes halogenated alkanes) is 4. The Morgan fingerprint density at radius 3 is 2.04 bits per heavy atom. The lowest BCUT2D eigenvalue weighted by Crippen LogP contribution is -2.33. The molecule has 0 atom stereocenters. The summed E-state index contributed by atoms with van der Waals surface area (Å²) >= 11 is 0. The van der Waals surface area contributed by atoms with Crippen LogP contribution in [-0.4, -0.2) is 17.3 Å². The van der Waals surface area contributed by atoms with Crippen LogP contribution in [0.5, 0.6) is 0 Å². The van der Waals surface area contributed by atoms with Crippen molar-refractivity contribution in [2.45, 2.75) is 72.8 Å². The van der Waals surface area contributed by atoms with Crippen LogP contribution >= 0.6 is 0 Å². The van der Waals surface area contributed by atoms with Gasteiger partial charge in [-0.05, 0) is 45.6 Å². The van der Waals surface area contributed by atoms with Gasteiger partial charge in [0.05, 0.1) is 6.08 Å². The highest BCUT2D eigenvalue weighted by Crippen LogP contribution is 2.06. The van der Waals surface area contributed by atoms with Crippen molar-refractivity contribution in [1.29, 1.82) is 0 Å². The second kappa shape index (κ2) is 12.2. The molecule has 1 aromatic rings. The van der Waals surface area contributed by atoms with Crippen molar-refractivity contribution < 1.29 is 9.14 Å². The molecule has 0 N–H and O–H groups in total. The quantitative estimate of drug-likeness (QED) is 0.199. The standard InChI is InChI=1S/C26H37N2/c1-23-17-24(2)20-27(19-23)15-13-11-9-7-5-6-8-10-12-14-16-28-21-25(3)18-26(4)22-28/h5-8,17,19-22H,9-16H2,1-4H3/q+3/b7-5-,8-6-. The Bertz CT molecular complexity index is 753. The summed E-state index contributed by atoms with van der Waals surface area (Å²) in [7, 11) is 0. The number of hydrogen-bond donors (Lipinski definition) is 0. The zero-order valence-electron chi connectivity index (χ0n) is 18.2. The van der Waals surface area contributed by atoms with Crippen molar-refractivity contribution in [2.75, 3.05) is 6.54 Å². The molecule has 0 aromatic carbocycles. The first kappa shape index (κ1) is 22.0. The fourth-order valence-electron chi connectivity index (χ4n) is 3.63. The molecule has 2 nitrogen and oxygen atoms in total. The molecule has 2 heteroatoms. The van der Waals surface area contributed by atoms with Crippen molar-refractivity contribution in [3.05, 3.63) is 77.3 Å². The summed E-state index contributed by atoms with van der Waals surface area (Å²) in [5, 5.41) is 0. The van der Waals surface area contributed by atoms with E-state index in [1.807, 2.05) is 0 Å². The van der Waals surface area contributed by atoms with Crippen molar-refractivity contribution in [3.8, 4) is 0 Å². The molecular formula is C26H37N2+3. The van der Waals surface area contributed by atoms with Crippen LogP contribution in [0.3, 0.4) is 0 Å². The second-order valence-corrected chi connectivity index (χ2v) is 7.96. The molecule has 0 saturated carbocycles. The minimum absolute atomic E-state index is 1.10. The molecule has 0 aliphatic carbocycles. The topological polar surface area (TPSA) is 6.89 Å². The Kier molecular flexibility index (Phi) is 9.59. The normalized spacial score (nSPS) is 14.2. The molecule has 0 spiro atoms. The molecule has 0 saturated heterocycles. The predicted molar refractivity (Wildman–Crippen MR) is 119 cm³/mol. The highest BCUT2D eigenvalue weighted by Gasteiger charge is 2.16. The largest absolute Gasteiger partial charge is 0.278 e. The highest BCUT2D eigenvalue weighted by molar-refractivity contribution is 5.74. The molecule has 1 aromatic heterocycles. The molecule has 1 aliphatic heterocycles. The van der Waals surface area contributed by atoms with E-state index in [9.17, 15) is 0 Å². The maximum absolute atomic E-state index is 3.33. The van der Waals surface area contributed by atoms with E-state index in [1.165, 1.54) is 48.0 Å². The number of nitrogens with zero attached hydrogens (tertiary/aromatic N) is 2. The van der Waals surface area contributed by atoms with Crippen molar-refractivity contribution in [2.24, 2.45) is 0 Å². The third-order valence-corrected chi connectivity index (χ3v) is 4.77. The number of hydrogen-bond acceptors (Lipinski definition) is 0. The van der Waals surface area contributed by atoms with E-state index >= 15 is 0 Å². The minimum Gasteiger partial charge on any atom is -0.205 e. The molecule has 0 unspecified atom stereocenters. The van der Waals surface area contributed by atoms with Crippen LogP contribution in [0, 0.1) is 19.9 Å². The van der Waals surface area contributed by atoms with Crippen molar-refractivity contribution >= 4 is 6.21 Å². The molecule has 148 valence electrons. The third kappa shape index (κ3) is 9.06. The van der Waals surface area contributed by atoms with Gasteiger partial charge in [-0.25, -0.2) is 4.57 Å². The molecule has 0 bridgehead atoms. The predicted octanol–water partition coefficient (Wildman–Crippen LogP) is 5.79. The summed E-state index contributed by atoms with van der Waals surface area (Å²) in [5.41, 5.74) is 5.13. The SMILES string of the molecule is CC1=[C+]C(C)=C[N+](CCCC/C=C\C=C/CCCC[n+]2cc(C)cc(C)c2)=C1. The lowest BCUT2D eigenvalue weighted by molar-refractivity contribution is -0.698. The van der Waals surface area contributed by atoms with Gasteiger partial charge in [-0.2, -0.15) is 0 Å². The number of rotatable bonds is 11. The van der Waals surface area contributed by atoms with Crippen LogP contribution in [0.2, 0.25) is 0 Å². The second-order valence-electron chi connectivity index (χ2n) is 7.96. The fourth-order valence-corrected chi connectivity index (χ4v) is 3.63. The molecule has 0 amide bonds. The number of allylic oxidation sites excluding steroid dienone is 7. The van der Waals surface area contributed by atoms with Gasteiger partial charge in [-0.3, -0.25) is 0 Å². The van der Waals surface area contributed by atoms with Crippen LogP contribution in [0.4, 0.5) is 0 Å². The molecule has 2 heterocycles. The first-order valence-electron chi connectivity index (χ1n) is 10.7. The Morgan fingerprint density at radius 1 is 0.821 bits per heavy atom. The van der Waals surface area contributed by atoms with Gasteiger partial charge in [0, 0.05) is 37.8 Å². The monoisotopic (exact) mass is 377 g/mol. The van der Waals surface area contributed by atoms with Crippen LogP contribution in [0.25, 0.3) is 0 Å². The van der Waals surface area contributed by atoms with Gasteiger partial charge < -0.3 is 0 Å². The number of pyridine rings is 1. The Balaban J connectivity index is 1.50. The summed E-state index contributed by atoms with van der Waals surface area (Å²) in [6.07, 6.45) is 28.4. The smallest absolute Gasteiger partial charge is 0.205 e. The lowest BCUT2D eigenvalue weighted by Gasteiger charge is -1.99. The summed E-state index contributed by atoms with van der Waals surface area (Å²) in [6, 6.07) is 2.23. The van der Waals surface area contributed by atoms with E-state index in [-0.39, 0.29) is 0 Å². The Hall–Kier alpha value is -2.31. The van der Waals surface area contributed by atoms with E-state index in [2.05, 4.69) is 98.1 Å². The van der Waals surface area contributed by atoms with Gasteiger partial charge in [0.1, 0.15) is 6.54 Å². The molecular weight excluding hydrogens is 340 g/mol. The summed E-state index contributed by atoms with van der Waals surface area (Å²) in [4.78, 5) is 0. The third-order valence-electron chi connectivity index (χ3n) is 4.77. The number of aromatic nitrogens is 1. The Morgan fingerprint density at radius 2 is 1.43 bits per heavy atom. The molecule has 0 fully saturated rings. The molecule has 1 aliphatic rings. The molecule has 0 radical (unpaired) electrons. The molecule has 28 heavy (non-hydrogen) atoms. The van der Waals surface area contributed by atoms with Crippen LogP contribution in [0.1, 0.15) is 63.5 Å². The maximum atomic E-state index is 3.33. The van der Waals surface area contributed by atoms with E-state index in [1.54, 1.807) is 0 Å². The average Bonchev–Trinajstić information content (AvgIpc) is 2.61. The lowest BCUT2D eigenvalue weighted by atomic mass is 10.1. The Labute approximate surface area is 172 Å². The van der Waals surface area contributed by atoms with Gasteiger partial charge in [-0.15, -0.1) is 0 Å². The average molecular weight is 378 g/mol. The summed E-state index contributed by atoms with van der Waals surface area (Å²) < 4.78 is 4.62. The van der Waals surface area contributed by atoms with E-state index in [0.717, 1.165) is 25.9 Å². The first-order valence-corrected chi connectivity index (χ1v) is 10.7. The zero-order chi connectivity index (χ0) is 20.2. The minimum atomic E-state index is 1.10. The molecule has 2 rings (SSSR count). The van der Waals surface area contributed by atoms with Gasteiger partial charge in [-0.1, -0.05) is 28.9 Å². The van der Waals surface area contributed by atoms with Crippen LogP contribution in [0.15, 0.2) is 60.1 Å². The van der Waals surface area contributed by atoms with Gasteiger partial charge in [0.25, 0.3) is 12.4 Å². The first-order chi connectivity index (χ1) is 13.5. The van der Waals surface area contributed by atoms with Crippen LogP contribution in [-0.2, 0) is 6.54 Å². The summed E-state index contributed by atoms with van der Waals surface area (Å²) in [5.74, 6) is 0. The van der Waals surface area contributed by atoms with E-state index < -0.39 is 0 Å². The highest BCUT2D eigenvalue weighted by atomic mass is 15.0. The maximum Gasteiger partial charge on any atom is 0.278 e. The van der Waals surface area contributed by atoms with E-state index in [0.29, 0.717) is 0 Å². The van der Waals surface area contributed by atoms with Crippen LogP contribution < -0.4 is 4.57 Å². The van der Waals surface area contributed by atoms with Gasteiger partial charge in [0.2, 0.25) is 0 Å². The fraction of sp³-hybridized carbons (Fsp3) is 0.462. The number of aryl methyl sites for hydroxylation is 3. The summed E-state index contributed by atoms with van der Waals surface area (Å²) in [6.45, 7) is 10.8.